The van der Waals surface area contributed by atoms with Gasteiger partial charge in [-0.1, -0.05) is 6.92 Å². The van der Waals surface area contributed by atoms with E-state index in [1.165, 1.54) is 9.75 Å². The topological polar surface area (TPSA) is 20.2 Å². The summed E-state index contributed by atoms with van der Waals surface area (Å²) in [6.07, 6.45) is 2.92. The maximum Gasteiger partial charge on any atom is 0.0793 e. The Labute approximate surface area is 93.5 Å². The third-order valence-corrected chi connectivity index (χ3v) is 5.12. The molecule has 1 atom stereocenters. The van der Waals surface area contributed by atoms with E-state index in [0.717, 1.165) is 30.8 Å². The zero-order valence-electron chi connectivity index (χ0n) is 8.45. The lowest BCUT2D eigenvalue weighted by atomic mass is 9.98. The Morgan fingerprint density at radius 3 is 2.79 bits per heavy atom. The number of aryl methyl sites for hydroxylation is 1. The Morgan fingerprint density at radius 2 is 2.21 bits per heavy atom. The van der Waals surface area contributed by atoms with Crippen LogP contribution >= 0.6 is 23.1 Å². The highest BCUT2D eigenvalue weighted by atomic mass is 32.2. The molecule has 78 valence electrons. The van der Waals surface area contributed by atoms with Crippen LogP contribution in [0.3, 0.4) is 0 Å². The van der Waals surface area contributed by atoms with Gasteiger partial charge in [-0.15, -0.1) is 11.3 Å². The Bertz CT molecular complexity index is 300. The van der Waals surface area contributed by atoms with Gasteiger partial charge < -0.3 is 5.11 Å². The van der Waals surface area contributed by atoms with Crippen molar-refractivity contribution in [2.75, 3.05) is 11.5 Å². The first-order chi connectivity index (χ1) is 6.72. The monoisotopic (exact) mass is 228 g/mol. The molecule has 0 bridgehead atoms. The van der Waals surface area contributed by atoms with Crippen LogP contribution in [0.15, 0.2) is 12.1 Å². The van der Waals surface area contributed by atoms with Crippen molar-refractivity contribution in [2.45, 2.75) is 31.8 Å². The molecule has 1 saturated heterocycles. The zero-order chi connectivity index (χ0) is 10.0. The third-order valence-electron chi connectivity index (χ3n) is 2.65. The van der Waals surface area contributed by atoms with Gasteiger partial charge in [0.25, 0.3) is 0 Å². The fraction of sp³-hybridized carbons (Fsp3) is 0.636. The first-order valence-corrected chi connectivity index (χ1v) is 7.07. The smallest absolute Gasteiger partial charge is 0.0793 e. The van der Waals surface area contributed by atoms with Gasteiger partial charge in [-0.3, -0.25) is 0 Å². The first-order valence-electron chi connectivity index (χ1n) is 5.09. The molecule has 0 amide bonds. The maximum atomic E-state index is 10.2. The number of rotatable bonds is 3. The molecule has 1 fully saturated rings. The molecule has 3 heteroatoms. The summed E-state index contributed by atoms with van der Waals surface area (Å²) in [6, 6.07) is 4.36. The van der Waals surface area contributed by atoms with Gasteiger partial charge in [0.1, 0.15) is 0 Å². The van der Waals surface area contributed by atoms with E-state index in [-0.39, 0.29) is 0 Å². The third kappa shape index (κ3) is 2.33. The van der Waals surface area contributed by atoms with Crippen LogP contribution in [-0.4, -0.2) is 22.2 Å². The lowest BCUT2D eigenvalue weighted by Gasteiger charge is -2.19. The molecule has 1 aromatic heterocycles. The number of thioether (sulfide) groups is 1. The summed E-state index contributed by atoms with van der Waals surface area (Å²) in [7, 11) is 0. The summed E-state index contributed by atoms with van der Waals surface area (Å²) in [5.41, 5.74) is -0.416. The first kappa shape index (κ1) is 10.5. The SMILES string of the molecule is CCc1ccc(CC2(O)CCSC2)s1. The Hall–Kier alpha value is 0.01000. The van der Waals surface area contributed by atoms with Crippen LogP contribution in [0.5, 0.6) is 0 Å². The Balaban J connectivity index is 2.02. The fourth-order valence-corrected chi connectivity index (χ4v) is 4.16. The van der Waals surface area contributed by atoms with Crippen LogP contribution in [0.4, 0.5) is 0 Å². The van der Waals surface area contributed by atoms with Crippen molar-refractivity contribution < 1.29 is 5.11 Å². The molecular formula is C11H16OS2. The summed E-state index contributed by atoms with van der Waals surface area (Å²) in [5, 5.41) is 10.2. The molecule has 1 aliphatic heterocycles. The molecule has 1 aliphatic rings. The van der Waals surface area contributed by atoms with Crippen molar-refractivity contribution in [3.05, 3.63) is 21.9 Å². The van der Waals surface area contributed by atoms with Gasteiger partial charge >= 0.3 is 0 Å². The lowest BCUT2D eigenvalue weighted by molar-refractivity contribution is 0.0695. The molecule has 0 saturated carbocycles. The number of hydrogen-bond acceptors (Lipinski definition) is 3. The van der Waals surface area contributed by atoms with Crippen LogP contribution in [0.1, 0.15) is 23.1 Å². The molecule has 14 heavy (non-hydrogen) atoms. The normalized spacial score (nSPS) is 27.0. The average Bonchev–Trinajstić information content (AvgIpc) is 2.75. The second-order valence-corrected chi connectivity index (χ2v) is 6.28. The van der Waals surface area contributed by atoms with Crippen molar-refractivity contribution >= 4 is 23.1 Å². The highest BCUT2D eigenvalue weighted by Gasteiger charge is 2.32. The molecule has 2 heterocycles. The van der Waals surface area contributed by atoms with Gasteiger partial charge in [0.15, 0.2) is 0 Å². The second-order valence-electron chi connectivity index (χ2n) is 3.93. The largest absolute Gasteiger partial charge is 0.389 e. The summed E-state index contributed by atoms with van der Waals surface area (Å²) in [6.45, 7) is 2.18. The van der Waals surface area contributed by atoms with E-state index in [0.29, 0.717) is 0 Å². The molecule has 0 aromatic carbocycles. The number of aliphatic hydroxyl groups is 1. The Kier molecular flexibility index (Phi) is 3.20. The van der Waals surface area contributed by atoms with E-state index < -0.39 is 5.60 Å². The minimum Gasteiger partial charge on any atom is -0.389 e. The summed E-state index contributed by atoms with van der Waals surface area (Å²) >= 11 is 3.72. The van der Waals surface area contributed by atoms with Crippen LogP contribution in [0.2, 0.25) is 0 Å². The lowest BCUT2D eigenvalue weighted by Crippen LogP contribution is -2.30. The van der Waals surface area contributed by atoms with E-state index in [4.69, 9.17) is 0 Å². The predicted molar refractivity (Wildman–Crippen MR) is 64.3 cm³/mol. The van der Waals surface area contributed by atoms with Crippen molar-refractivity contribution in [3.8, 4) is 0 Å². The fourth-order valence-electron chi connectivity index (χ4n) is 1.77. The molecular weight excluding hydrogens is 212 g/mol. The Morgan fingerprint density at radius 1 is 1.43 bits per heavy atom. The molecule has 0 aliphatic carbocycles. The van der Waals surface area contributed by atoms with Gasteiger partial charge in [0.05, 0.1) is 5.60 Å². The molecule has 1 unspecified atom stereocenters. The quantitative estimate of drug-likeness (QED) is 0.858. The standard InChI is InChI=1S/C11H16OS2/c1-2-9-3-4-10(14-9)7-11(12)5-6-13-8-11/h3-4,12H,2,5-8H2,1H3. The minimum atomic E-state index is -0.416. The van der Waals surface area contributed by atoms with Gasteiger partial charge in [-0.2, -0.15) is 11.8 Å². The molecule has 1 nitrogen and oxygen atoms in total. The minimum absolute atomic E-state index is 0.416. The van der Waals surface area contributed by atoms with Crippen molar-refractivity contribution in [1.82, 2.24) is 0 Å². The number of thiophene rings is 1. The van der Waals surface area contributed by atoms with Crippen LogP contribution in [0, 0.1) is 0 Å². The van der Waals surface area contributed by atoms with Crippen LogP contribution < -0.4 is 0 Å². The maximum absolute atomic E-state index is 10.2. The number of hydrogen-bond donors (Lipinski definition) is 1. The van der Waals surface area contributed by atoms with E-state index in [1.807, 2.05) is 23.1 Å². The van der Waals surface area contributed by atoms with Gasteiger partial charge in [0.2, 0.25) is 0 Å². The van der Waals surface area contributed by atoms with Crippen molar-refractivity contribution in [3.63, 3.8) is 0 Å². The van der Waals surface area contributed by atoms with E-state index in [2.05, 4.69) is 19.1 Å². The summed E-state index contributed by atoms with van der Waals surface area (Å²) in [5.74, 6) is 2.02. The predicted octanol–water partition coefficient (Wildman–Crippen LogP) is 2.72. The van der Waals surface area contributed by atoms with Crippen LogP contribution in [0.25, 0.3) is 0 Å². The zero-order valence-corrected chi connectivity index (χ0v) is 10.1. The van der Waals surface area contributed by atoms with E-state index >= 15 is 0 Å². The van der Waals surface area contributed by atoms with Crippen LogP contribution in [-0.2, 0) is 12.8 Å². The molecule has 0 spiro atoms. The average molecular weight is 228 g/mol. The molecule has 0 radical (unpaired) electrons. The van der Waals surface area contributed by atoms with Gasteiger partial charge in [0, 0.05) is 21.9 Å². The summed E-state index contributed by atoms with van der Waals surface area (Å²) in [4.78, 5) is 2.76. The summed E-state index contributed by atoms with van der Waals surface area (Å²) < 4.78 is 0. The van der Waals surface area contributed by atoms with Crippen molar-refractivity contribution in [1.29, 1.82) is 0 Å². The van der Waals surface area contributed by atoms with E-state index in [1.54, 1.807) is 0 Å². The second kappa shape index (κ2) is 4.25. The van der Waals surface area contributed by atoms with E-state index in [9.17, 15) is 5.11 Å². The molecule has 1 aromatic rings. The highest BCUT2D eigenvalue weighted by molar-refractivity contribution is 7.99. The molecule has 2 rings (SSSR count). The molecule has 1 N–H and O–H groups in total. The highest BCUT2D eigenvalue weighted by Crippen LogP contribution is 2.32. The van der Waals surface area contributed by atoms with Crippen molar-refractivity contribution in [2.24, 2.45) is 0 Å². The van der Waals surface area contributed by atoms with Gasteiger partial charge in [-0.25, -0.2) is 0 Å². The van der Waals surface area contributed by atoms with Gasteiger partial charge in [-0.05, 0) is 30.7 Å².